The predicted molar refractivity (Wildman–Crippen MR) is 73.7 cm³/mol. The highest BCUT2D eigenvalue weighted by Crippen LogP contribution is 2.11. The quantitative estimate of drug-likeness (QED) is 0.845. The third-order valence-corrected chi connectivity index (χ3v) is 2.89. The van der Waals surface area contributed by atoms with Crippen LogP contribution in [0.4, 0.5) is 0 Å². The summed E-state index contributed by atoms with van der Waals surface area (Å²) >= 11 is 1.42. The summed E-state index contributed by atoms with van der Waals surface area (Å²) in [6.45, 7) is 10.5. The Morgan fingerprint density at radius 1 is 1.41 bits per heavy atom. The molecular formula is C13H23NO2S. The topological polar surface area (TPSA) is 38.3 Å². The van der Waals surface area contributed by atoms with Gasteiger partial charge in [-0.1, -0.05) is 33.8 Å². The maximum atomic E-state index is 11.3. The monoisotopic (exact) mass is 257 g/mol. The van der Waals surface area contributed by atoms with Gasteiger partial charge in [-0.2, -0.15) is 0 Å². The van der Waals surface area contributed by atoms with Gasteiger partial charge in [0.15, 0.2) is 0 Å². The molecule has 1 aromatic rings. The van der Waals surface area contributed by atoms with Crippen LogP contribution < -0.4 is 5.32 Å². The lowest BCUT2D eigenvalue weighted by Gasteiger charge is -2.26. The van der Waals surface area contributed by atoms with Crippen molar-refractivity contribution in [3.8, 4) is 0 Å². The van der Waals surface area contributed by atoms with Crippen LogP contribution in [-0.2, 0) is 4.74 Å². The normalized spacial score (nSPS) is 13.4. The first-order valence-electron chi connectivity index (χ1n) is 6.27. The number of esters is 1. The summed E-state index contributed by atoms with van der Waals surface area (Å²) in [6, 6.07) is 3.64. The van der Waals surface area contributed by atoms with E-state index in [4.69, 9.17) is 4.74 Å². The van der Waals surface area contributed by atoms with Crippen molar-refractivity contribution >= 4 is 17.3 Å². The first-order valence-corrected chi connectivity index (χ1v) is 7.15. The molecular weight excluding hydrogens is 234 g/mol. The zero-order valence-corrected chi connectivity index (χ0v) is 12.0. The molecule has 1 N–H and O–H groups in total. The molecule has 3 nitrogen and oxygen atoms in total. The molecule has 2 heterocycles. The van der Waals surface area contributed by atoms with Crippen molar-refractivity contribution in [3.63, 3.8) is 0 Å². The molecule has 0 aromatic carbocycles. The van der Waals surface area contributed by atoms with Crippen molar-refractivity contribution in [1.29, 1.82) is 0 Å². The van der Waals surface area contributed by atoms with Crippen LogP contribution in [0.2, 0.25) is 0 Å². The third-order valence-electron chi connectivity index (χ3n) is 2.04. The maximum absolute atomic E-state index is 11.3. The molecule has 1 aliphatic rings. The van der Waals surface area contributed by atoms with E-state index in [1.165, 1.54) is 11.3 Å². The van der Waals surface area contributed by atoms with Gasteiger partial charge in [0.2, 0.25) is 0 Å². The van der Waals surface area contributed by atoms with E-state index in [0.717, 1.165) is 13.1 Å². The maximum Gasteiger partial charge on any atom is 0.348 e. The van der Waals surface area contributed by atoms with Crippen molar-refractivity contribution in [1.82, 2.24) is 5.32 Å². The van der Waals surface area contributed by atoms with Crippen LogP contribution in [0.3, 0.4) is 0 Å². The van der Waals surface area contributed by atoms with Crippen molar-refractivity contribution in [2.75, 3.05) is 19.7 Å². The fraction of sp³-hybridized carbons (Fsp3) is 0.615. The number of ether oxygens (including phenoxy) is 1. The average molecular weight is 257 g/mol. The number of thiophene rings is 1. The van der Waals surface area contributed by atoms with Gasteiger partial charge in [-0.3, -0.25) is 0 Å². The molecule has 1 saturated heterocycles. The van der Waals surface area contributed by atoms with Crippen LogP contribution in [0.1, 0.15) is 37.4 Å². The van der Waals surface area contributed by atoms with Gasteiger partial charge in [0.25, 0.3) is 0 Å². The molecule has 2 rings (SSSR count). The summed E-state index contributed by atoms with van der Waals surface area (Å²) in [4.78, 5) is 12.0. The summed E-state index contributed by atoms with van der Waals surface area (Å²) in [5.74, 6) is 0.325. The van der Waals surface area contributed by atoms with Crippen LogP contribution in [0.25, 0.3) is 0 Å². The van der Waals surface area contributed by atoms with E-state index < -0.39 is 0 Å². The van der Waals surface area contributed by atoms with Gasteiger partial charge in [0.1, 0.15) is 4.88 Å². The summed E-state index contributed by atoms with van der Waals surface area (Å²) in [7, 11) is 0. The Morgan fingerprint density at radius 3 is 2.47 bits per heavy atom. The van der Waals surface area contributed by atoms with Gasteiger partial charge in [0, 0.05) is 19.0 Å². The smallest absolute Gasteiger partial charge is 0.348 e. The molecule has 0 radical (unpaired) electrons. The van der Waals surface area contributed by atoms with Gasteiger partial charge < -0.3 is 10.1 Å². The SMILES string of the molecule is CC.CC.O=C(OCC1CNC1)c1cccs1. The van der Waals surface area contributed by atoms with Crippen molar-refractivity contribution in [2.24, 2.45) is 5.92 Å². The van der Waals surface area contributed by atoms with Crippen molar-refractivity contribution in [3.05, 3.63) is 22.4 Å². The standard InChI is InChI=1S/C9H11NO2S.2C2H6/c11-9(8-2-1-3-13-8)12-6-7-4-10-5-7;2*1-2/h1-3,7,10H,4-6H2;2*1-2H3. The molecule has 0 unspecified atom stereocenters. The van der Waals surface area contributed by atoms with Crippen LogP contribution in [0.5, 0.6) is 0 Å². The second kappa shape index (κ2) is 10.3. The number of hydrogen-bond donors (Lipinski definition) is 1. The first kappa shape index (κ1) is 16.1. The molecule has 1 aromatic heterocycles. The number of nitrogens with one attached hydrogen (secondary N) is 1. The van der Waals surface area contributed by atoms with E-state index in [2.05, 4.69) is 5.32 Å². The minimum atomic E-state index is -0.193. The minimum absolute atomic E-state index is 0.193. The molecule has 4 heteroatoms. The lowest BCUT2D eigenvalue weighted by atomic mass is 10.1. The Kier molecular flexibility index (Phi) is 9.77. The Morgan fingerprint density at radius 2 is 2.06 bits per heavy atom. The lowest BCUT2D eigenvalue weighted by Crippen LogP contribution is -2.44. The average Bonchev–Trinajstić information content (AvgIpc) is 2.86. The third kappa shape index (κ3) is 5.84. The Balaban J connectivity index is 0.000000581. The number of carbonyl (C=O) groups excluding carboxylic acids is 1. The highest BCUT2D eigenvalue weighted by molar-refractivity contribution is 7.11. The molecule has 0 aliphatic carbocycles. The van der Waals surface area contributed by atoms with Crippen molar-refractivity contribution < 1.29 is 9.53 Å². The second-order valence-corrected chi connectivity index (χ2v) is 4.05. The number of hydrogen-bond acceptors (Lipinski definition) is 4. The van der Waals surface area contributed by atoms with Gasteiger partial charge in [-0.25, -0.2) is 4.79 Å². The van der Waals surface area contributed by atoms with E-state index >= 15 is 0 Å². The fourth-order valence-electron chi connectivity index (χ4n) is 1.13. The molecule has 0 atom stereocenters. The first-order chi connectivity index (χ1) is 8.36. The van der Waals surface area contributed by atoms with Crippen molar-refractivity contribution in [2.45, 2.75) is 27.7 Å². The van der Waals surface area contributed by atoms with Crippen LogP contribution >= 0.6 is 11.3 Å². The fourth-order valence-corrected chi connectivity index (χ4v) is 1.74. The summed E-state index contributed by atoms with van der Waals surface area (Å²) in [5.41, 5.74) is 0. The van der Waals surface area contributed by atoms with Gasteiger partial charge >= 0.3 is 5.97 Å². The lowest BCUT2D eigenvalue weighted by molar-refractivity contribution is 0.0403. The molecule has 0 bridgehead atoms. The number of rotatable bonds is 3. The zero-order chi connectivity index (χ0) is 13.1. The molecule has 0 amide bonds. The van der Waals surface area contributed by atoms with E-state index in [1.807, 2.05) is 39.1 Å². The summed E-state index contributed by atoms with van der Waals surface area (Å²) in [5, 5.41) is 5.01. The van der Waals surface area contributed by atoms with Gasteiger partial charge in [0.05, 0.1) is 6.61 Å². The van der Waals surface area contributed by atoms with Crippen LogP contribution in [-0.4, -0.2) is 25.7 Å². The van der Waals surface area contributed by atoms with E-state index in [9.17, 15) is 4.79 Å². The van der Waals surface area contributed by atoms with E-state index in [-0.39, 0.29) is 5.97 Å². The van der Waals surface area contributed by atoms with Crippen LogP contribution in [0.15, 0.2) is 17.5 Å². The van der Waals surface area contributed by atoms with Gasteiger partial charge in [-0.05, 0) is 11.4 Å². The number of carbonyl (C=O) groups is 1. The predicted octanol–water partition coefficient (Wildman–Crippen LogP) is 3.18. The molecule has 17 heavy (non-hydrogen) atoms. The second-order valence-electron chi connectivity index (χ2n) is 3.10. The largest absolute Gasteiger partial charge is 0.461 e. The van der Waals surface area contributed by atoms with Crippen LogP contribution in [0, 0.1) is 5.92 Å². The molecule has 98 valence electrons. The van der Waals surface area contributed by atoms with Gasteiger partial charge in [-0.15, -0.1) is 11.3 Å². The Labute approximate surface area is 108 Å². The summed E-state index contributed by atoms with van der Waals surface area (Å²) in [6.07, 6.45) is 0. The highest BCUT2D eigenvalue weighted by atomic mass is 32.1. The van der Waals surface area contributed by atoms with E-state index in [1.54, 1.807) is 6.07 Å². The Bertz CT molecular complexity index is 282. The summed E-state index contributed by atoms with van der Waals surface area (Å²) < 4.78 is 5.12. The molecule has 1 fully saturated rings. The molecule has 0 saturated carbocycles. The highest BCUT2D eigenvalue weighted by Gasteiger charge is 2.19. The minimum Gasteiger partial charge on any atom is -0.461 e. The molecule has 0 spiro atoms. The Hall–Kier alpha value is -0.870. The van der Waals surface area contributed by atoms with E-state index in [0.29, 0.717) is 17.4 Å². The zero-order valence-electron chi connectivity index (χ0n) is 11.2. The molecule has 1 aliphatic heterocycles.